The predicted molar refractivity (Wildman–Crippen MR) is 141 cm³/mol. The number of pyridine rings is 1. The zero-order chi connectivity index (χ0) is 28.3. The standard InChI is InChI=1S/C28H32FN5O5/c1-26(2,3)39-25(35)33-15-28(16-33)9-10-32(14-28)24-17(12-30)22(18-13-38-27(4,5)11-20(18)31-24)23-19(29)7-6-8-21(23)34(36)37/h6-8H,9-11,13-16H2,1-5H3. The number of carbonyl (C=O) groups is 1. The Bertz CT molecular complexity index is 1400. The van der Waals surface area contributed by atoms with E-state index in [0.29, 0.717) is 49.7 Å². The molecule has 0 saturated carbocycles. The van der Waals surface area contributed by atoms with Gasteiger partial charge in [-0.3, -0.25) is 10.1 Å². The Morgan fingerprint density at radius 3 is 2.62 bits per heavy atom. The second-order valence-corrected chi connectivity index (χ2v) is 12.3. The van der Waals surface area contributed by atoms with Gasteiger partial charge in [-0.2, -0.15) is 5.26 Å². The molecule has 0 aliphatic carbocycles. The minimum absolute atomic E-state index is 0.0555. The number of nitrogens with zero attached hydrogens (tertiary/aromatic N) is 5. The number of nitriles is 1. The van der Waals surface area contributed by atoms with Crippen molar-refractivity contribution >= 4 is 17.6 Å². The van der Waals surface area contributed by atoms with Crippen molar-refractivity contribution in [2.45, 2.75) is 65.3 Å². The third-order valence-corrected chi connectivity index (χ3v) is 7.56. The number of halogens is 1. The van der Waals surface area contributed by atoms with Crippen molar-refractivity contribution in [3.8, 4) is 17.2 Å². The molecule has 2 saturated heterocycles. The van der Waals surface area contributed by atoms with Crippen LogP contribution in [0.25, 0.3) is 11.1 Å². The largest absolute Gasteiger partial charge is 0.444 e. The number of likely N-dealkylation sites (tertiary alicyclic amines) is 1. The van der Waals surface area contributed by atoms with Crippen molar-refractivity contribution in [2.75, 3.05) is 31.1 Å². The van der Waals surface area contributed by atoms with E-state index in [1.54, 1.807) is 4.90 Å². The number of amides is 1. The lowest BCUT2D eigenvalue weighted by Crippen LogP contribution is -2.60. The van der Waals surface area contributed by atoms with Gasteiger partial charge in [-0.1, -0.05) is 6.07 Å². The van der Waals surface area contributed by atoms with E-state index >= 15 is 4.39 Å². The van der Waals surface area contributed by atoms with E-state index in [1.807, 2.05) is 39.5 Å². The Morgan fingerprint density at radius 2 is 1.97 bits per heavy atom. The number of ether oxygens (including phenoxy) is 2. The maximum Gasteiger partial charge on any atom is 0.410 e. The Kier molecular flexibility index (Phi) is 6.30. The van der Waals surface area contributed by atoms with Gasteiger partial charge in [0.25, 0.3) is 5.69 Å². The minimum Gasteiger partial charge on any atom is -0.444 e. The highest BCUT2D eigenvalue weighted by Gasteiger charge is 2.51. The molecule has 2 fully saturated rings. The molecule has 206 valence electrons. The lowest BCUT2D eigenvalue weighted by Gasteiger charge is -2.47. The van der Waals surface area contributed by atoms with Gasteiger partial charge in [0, 0.05) is 55.2 Å². The summed E-state index contributed by atoms with van der Waals surface area (Å²) in [7, 11) is 0. The van der Waals surface area contributed by atoms with Crippen molar-refractivity contribution in [1.29, 1.82) is 5.26 Å². The maximum absolute atomic E-state index is 15.3. The van der Waals surface area contributed by atoms with Crippen LogP contribution in [-0.2, 0) is 22.5 Å². The summed E-state index contributed by atoms with van der Waals surface area (Å²) in [6, 6.07) is 5.87. The van der Waals surface area contributed by atoms with Crippen LogP contribution in [0.2, 0.25) is 0 Å². The van der Waals surface area contributed by atoms with Crippen LogP contribution in [0.1, 0.15) is 57.9 Å². The molecule has 11 heteroatoms. The third kappa shape index (κ3) is 4.89. The predicted octanol–water partition coefficient (Wildman–Crippen LogP) is 4.97. The van der Waals surface area contributed by atoms with Gasteiger partial charge in [0.15, 0.2) is 0 Å². The summed E-state index contributed by atoms with van der Waals surface area (Å²) >= 11 is 0. The SMILES string of the molecule is CC(C)(C)OC(=O)N1CC2(CCN(c3nc4c(c(-c5c(F)cccc5[N+](=O)[O-])c3C#N)COC(C)(C)C4)C2)C1. The summed E-state index contributed by atoms with van der Waals surface area (Å²) in [5.74, 6) is -0.399. The van der Waals surface area contributed by atoms with Crippen LogP contribution in [0.3, 0.4) is 0 Å². The molecule has 0 atom stereocenters. The normalized spacial score (nSPS) is 19.3. The first-order valence-corrected chi connectivity index (χ1v) is 13.0. The fourth-order valence-corrected chi connectivity index (χ4v) is 5.80. The number of hydrogen-bond acceptors (Lipinski definition) is 8. The molecule has 2 aromatic rings. The summed E-state index contributed by atoms with van der Waals surface area (Å²) in [4.78, 5) is 32.4. The van der Waals surface area contributed by atoms with Gasteiger partial charge in [0.2, 0.25) is 0 Å². The second kappa shape index (κ2) is 9.16. The number of carbonyl (C=O) groups excluding carboxylic acids is 1. The van der Waals surface area contributed by atoms with Crippen LogP contribution >= 0.6 is 0 Å². The molecule has 4 heterocycles. The molecule has 3 aliphatic rings. The van der Waals surface area contributed by atoms with E-state index < -0.39 is 27.6 Å². The fraction of sp³-hybridized carbons (Fsp3) is 0.536. The molecule has 0 unspecified atom stereocenters. The zero-order valence-corrected chi connectivity index (χ0v) is 22.8. The van der Waals surface area contributed by atoms with E-state index in [1.165, 1.54) is 12.1 Å². The van der Waals surface area contributed by atoms with Gasteiger partial charge >= 0.3 is 6.09 Å². The lowest BCUT2D eigenvalue weighted by atomic mass is 9.79. The summed E-state index contributed by atoms with van der Waals surface area (Å²) in [5, 5.41) is 22.3. The van der Waals surface area contributed by atoms with Crippen molar-refractivity contribution in [3.63, 3.8) is 0 Å². The van der Waals surface area contributed by atoms with Gasteiger partial charge in [0.1, 0.15) is 28.9 Å². The van der Waals surface area contributed by atoms with Crippen molar-refractivity contribution in [2.24, 2.45) is 5.41 Å². The Hall–Kier alpha value is -3.78. The topological polar surface area (TPSA) is 122 Å². The summed E-state index contributed by atoms with van der Waals surface area (Å²) in [6.07, 6.45) is 0.828. The van der Waals surface area contributed by atoms with Crippen LogP contribution in [0, 0.1) is 32.7 Å². The summed E-state index contributed by atoms with van der Waals surface area (Å²) < 4.78 is 26.8. The highest BCUT2D eigenvalue weighted by atomic mass is 19.1. The van der Waals surface area contributed by atoms with E-state index in [2.05, 4.69) is 6.07 Å². The molecule has 1 amide bonds. The summed E-state index contributed by atoms with van der Waals surface area (Å²) in [6.45, 7) is 11.6. The molecule has 0 radical (unpaired) electrons. The molecule has 0 bridgehead atoms. The third-order valence-electron chi connectivity index (χ3n) is 7.56. The zero-order valence-electron chi connectivity index (χ0n) is 22.8. The number of anilines is 1. The van der Waals surface area contributed by atoms with Crippen LogP contribution in [-0.4, -0.2) is 58.3 Å². The van der Waals surface area contributed by atoms with Crippen LogP contribution in [0.15, 0.2) is 18.2 Å². The number of rotatable bonds is 3. The quantitative estimate of drug-likeness (QED) is 0.398. The molecule has 1 aromatic heterocycles. The van der Waals surface area contributed by atoms with Gasteiger partial charge in [-0.15, -0.1) is 0 Å². The lowest BCUT2D eigenvalue weighted by molar-refractivity contribution is -0.384. The van der Waals surface area contributed by atoms with E-state index in [9.17, 15) is 20.2 Å². The number of aromatic nitrogens is 1. The Morgan fingerprint density at radius 1 is 1.26 bits per heavy atom. The molecular formula is C28H32FN5O5. The van der Waals surface area contributed by atoms with Crippen molar-refractivity contribution in [3.05, 3.63) is 51.0 Å². The smallest absolute Gasteiger partial charge is 0.410 e. The van der Waals surface area contributed by atoms with Crippen LogP contribution < -0.4 is 4.90 Å². The first-order valence-electron chi connectivity index (χ1n) is 13.0. The maximum atomic E-state index is 15.3. The van der Waals surface area contributed by atoms with Gasteiger partial charge < -0.3 is 19.3 Å². The molecule has 39 heavy (non-hydrogen) atoms. The van der Waals surface area contributed by atoms with E-state index in [0.717, 1.165) is 12.5 Å². The van der Waals surface area contributed by atoms with Gasteiger partial charge in [0.05, 0.1) is 28.4 Å². The number of nitro groups is 1. The van der Waals surface area contributed by atoms with E-state index in [-0.39, 0.29) is 34.8 Å². The second-order valence-electron chi connectivity index (χ2n) is 12.3. The van der Waals surface area contributed by atoms with Crippen LogP contribution in [0.5, 0.6) is 0 Å². The van der Waals surface area contributed by atoms with Gasteiger partial charge in [-0.05, 0) is 47.1 Å². The molecular weight excluding hydrogens is 505 g/mol. The van der Waals surface area contributed by atoms with Crippen LogP contribution in [0.4, 0.5) is 20.7 Å². The van der Waals surface area contributed by atoms with Crippen molar-refractivity contribution < 1.29 is 23.6 Å². The Labute approximate surface area is 226 Å². The fourth-order valence-electron chi connectivity index (χ4n) is 5.80. The Balaban J connectivity index is 1.56. The van der Waals surface area contributed by atoms with Gasteiger partial charge in [-0.25, -0.2) is 14.2 Å². The molecule has 3 aliphatic heterocycles. The number of fused-ring (bicyclic) bond motifs is 1. The average molecular weight is 538 g/mol. The van der Waals surface area contributed by atoms with Crippen molar-refractivity contribution in [1.82, 2.24) is 9.88 Å². The molecule has 1 aromatic carbocycles. The van der Waals surface area contributed by atoms with E-state index in [4.69, 9.17) is 14.5 Å². The highest BCUT2D eigenvalue weighted by Crippen LogP contribution is 2.46. The minimum atomic E-state index is -0.783. The number of benzene rings is 1. The first kappa shape index (κ1) is 26.8. The molecule has 10 nitrogen and oxygen atoms in total. The highest BCUT2D eigenvalue weighted by molar-refractivity contribution is 5.85. The average Bonchev–Trinajstić information content (AvgIpc) is 3.26. The summed E-state index contributed by atoms with van der Waals surface area (Å²) in [5.41, 5.74) is -0.551. The molecule has 0 N–H and O–H groups in total. The number of nitro benzene ring substituents is 1. The number of hydrogen-bond donors (Lipinski definition) is 0. The molecule has 1 spiro atoms. The molecule has 5 rings (SSSR count). The monoisotopic (exact) mass is 537 g/mol. The first-order chi connectivity index (χ1) is 18.2.